The largest absolute Gasteiger partial charge is 0.370 e. The third-order valence-electron chi connectivity index (χ3n) is 3.61. The van der Waals surface area contributed by atoms with E-state index in [-0.39, 0.29) is 5.91 Å². The van der Waals surface area contributed by atoms with Crippen LogP contribution in [0.1, 0.15) is 29.4 Å². The molecule has 110 valence electrons. The number of nitrogens with zero attached hydrogens (tertiary/aromatic N) is 2. The predicted octanol–water partition coefficient (Wildman–Crippen LogP) is 1.50. The summed E-state index contributed by atoms with van der Waals surface area (Å²) in [6, 6.07) is 3.64. The number of nitrogens with one attached hydrogen (secondary N) is 2. The van der Waals surface area contributed by atoms with E-state index in [0.717, 1.165) is 44.1 Å². The first-order valence-corrected chi connectivity index (χ1v) is 7.27. The molecule has 1 atom stereocenters. The first-order chi connectivity index (χ1) is 9.58. The summed E-state index contributed by atoms with van der Waals surface area (Å²) in [4.78, 5) is 18.9. The molecule has 0 saturated carbocycles. The van der Waals surface area contributed by atoms with Gasteiger partial charge in [-0.15, -0.1) is 0 Å². The molecule has 0 aromatic carbocycles. The molecule has 1 aliphatic heterocycles. The van der Waals surface area contributed by atoms with Gasteiger partial charge in [-0.05, 0) is 51.9 Å². The number of rotatable bonds is 5. The van der Waals surface area contributed by atoms with Crippen LogP contribution in [0.2, 0.25) is 0 Å². The molecule has 1 aliphatic rings. The second-order valence-electron chi connectivity index (χ2n) is 5.54. The van der Waals surface area contributed by atoms with E-state index < -0.39 is 0 Å². The van der Waals surface area contributed by atoms with Crippen LogP contribution in [0.3, 0.4) is 0 Å². The number of amides is 1. The minimum absolute atomic E-state index is 0.00999. The van der Waals surface area contributed by atoms with E-state index in [2.05, 4.69) is 27.6 Å². The van der Waals surface area contributed by atoms with E-state index in [1.165, 1.54) is 0 Å². The summed E-state index contributed by atoms with van der Waals surface area (Å²) in [5.74, 6) is 1.32. The zero-order valence-corrected chi connectivity index (χ0v) is 12.6. The molecule has 0 spiro atoms. The third kappa shape index (κ3) is 3.93. The van der Waals surface area contributed by atoms with E-state index in [4.69, 9.17) is 0 Å². The molecule has 1 fully saturated rings. The Hall–Kier alpha value is -1.62. The van der Waals surface area contributed by atoms with Crippen molar-refractivity contribution in [1.29, 1.82) is 0 Å². The quantitative estimate of drug-likeness (QED) is 0.856. The van der Waals surface area contributed by atoms with Crippen LogP contribution in [0.25, 0.3) is 0 Å². The SMILES string of the molecule is CCNc1cc(C(=O)NCC2CCN(C)C2)cc(C)n1. The lowest BCUT2D eigenvalue weighted by atomic mass is 10.1. The van der Waals surface area contributed by atoms with Crippen molar-refractivity contribution in [3.63, 3.8) is 0 Å². The standard InChI is InChI=1S/C15H24N4O/c1-4-16-14-8-13(7-11(2)18-14)15(20)17-9-12-5-6-19(3)10-12/h7-8,12H,4-6,9-10H2,1-3H3,(H,16,18)(H,17,20). The van der Waals surface area contributed by atoms with Gasteiger partial charge in [-0.1, -0.05) is 0 Å². The lowest BCUT2D eigenvalue weighted by Crippen LogP contribution is -2.30. The molecule has 0 radical (unpaired) electrons. The van der Waals surface area contributed by atoms with Crippen molar-refractivity contribution in [2.75, 3.05) is 38.5 Å². The lowest BCUT2D eigenvalue weighted by molar-refractivity contribution is 0.0947. The highest BCUT2D eigenvalue weighted by atomic mass is 16.1. The first kappa shape index (κ1) is 14.8. The van der Waals surface area contributed by atoms with Crippen molar-refractivity contribution in [1.82, 2.24) is 15.2 Å². The lowest BCUT2D eigenvalue weighted by Gasteiger charge is -2.12. The summed E-state index contributed by atoms with van der Waals surface area (Å²) >= 11 is 0. The van der Waals surface area contributed by atoms with Gasteiger partial charge in [0.25, 0.3) is 5.91 Å². The molecule has 1 unspecified atom stereocenters. The van der Waals surface area contributed by atoms with Gasteiger partial charge in [0, 0.05) is 30.9 Å². The minimum atomic E-state index is -0.00999. The average Bonchev–Trinajstić information content (AvgIpc) is 2.81. The van der Waals surface area contributed by atoms with Crippen LogP contribution in [0, 0.1) is 12.8 Å². The smallest absolute Gasteiger partial charge is 0.251 e. The number of aromatic nitrogens is 1. The topological polar surface area (TPSA) is 57.3 Å². The highest BCUT2D eigenvalue weighted by molar-refractivity contribution is 5.95. The Kier molecular flexibility index (Phi) is 4.95. The number of anilines is 1. The maximum absolute atomic E-state index is 12.2. The van der Waals surface area contributed by atoms with Crippen molar-refractivity contribution >= 4 is 11.7 Å². The van der Waals surface area contributed by atoms with E-state index in [1.54, 1.807) is 0 Å². The fraction of sp³-hybridized carbons (Fsp3) is 0.600. The maximum Gasteiger partial charge on any atom is 0.251 e. The molecule has 1 aromatic rings. The molecule has 5 heteroatoms. The average molecular weight is 276 g/mol. The molecule has 0 aliphatic carbocycles. The molecule has 1 aromatic heterocycles. The third-order valence-corrected chi connectivity index (χ3v) is 3.61. The second kappa shape index (κ2) is 6.70. The molecule has 1 amide bonds. The molecule has 0 bridgehead atoms. The Morgan fingerprint density at radius 3 is 2.95 bits per heavy atom. The zero-order chi connectivity index (χ0) is 14.5. The van der Waals surface area contributed by atoms with Crippen LogP contribution in [0.4, 0.5) is 5.82 Å². The van der Waals surface area contributed by atoms with E-state index in [9.17, 15) is 4.79 Å². The summed E-state index contributed by atoms with van der Waals surface area (Å²) in [7, 11) is 2.12. The fourth-order valence-corrected chi connectivity index (χ4v) is 2.60. The van der Waals surface area contributed by atoms with Crippen molar-refractivity contribution in [2.45, 2.75) is 20.3 Å². The number of hydrogen-bond acceptors (Lipinski definition) is 4. The van der Waals surface area contributed by atoms with Gasteiger partial charge in [-0.25, -0.2) is 4.98 Å². The molecular formula is C15H24N4O. The molecule has 2 heterocycles. The number of hydrogen-bond donors (Lipinski definition) is 2. The van der Waals surface area contributed by atoms with Crippen molar-refractivity contribution < 1.29 is 4.79 Å². The van der Waals surface area contributed by atoms with Gasteiger partial charge in [0.2, 0.25) is 0 Å². The Morgan fingerprint density at radius 1 is 1.50 bits per heavy atom. The Labute approximate surface area is 120 Å². The summed E-state index contributed by atoms with van der Waals surface area (Å²) in [6.45, 7) is 7.66. The molecule has 5 nitrogen and oxygen atoms in total. The van der Waals surface area contributed by atoms with E-state index in [0.29, 0.717) is 11.5 Å². The molecule has 1 saturated heterocycles. The predicted molar refractivity (Wildman–Crippen MR) is 81.1 cm³/mol. The zero-order valence-electron chi connectivity index (χ0n) is 12.6. The second-order valence-corrected chi connectivity index (χ2v) is 5.54. The van der Waals surface area contributed by atoms with Gasteiger partial charge in [-0.2, -0.15) is 0 Å². The van der Waals surface area contributed by atoms with E-state index in [1.807, 2.05) is 26.0 Å². The summed E-state index contributed by atoms with van der Waals surface area (Å²) < 4.78 is 0. The Morgan fingerprint density at radius 2 is 2.30 bits per heavy atom. The molecular weight excluding hydrogens is 252 g/mol. The van der Waals surface area contributed by atoms with Crippen LogP contribution in [0.5, 0.6) is 0 Å². The number of carbonyl (C=O) groups excluding carboxylic acids is 1. The van der Waals surface area contributed by atoms with Crippen LogP contribution < -0.4 is 10.6 Å². The van der Waals surface area contributed by atoms with Gasteiger partial charge >= 0.3 is 0 Å². The maximum atomic E-state index is 12.2. The number of aryl methyl sites for hydroxylation is 1. The summed E-state index contributed by atoms with van der Waals surface area (Å²) in [5, 5.41) is 6.19. The van der Waals surface area contributed by atoms with E-state index >= 15 is 0 Å². The van der Waals surface area contributed by atoms with Crippen LogP contribution in [0.15, 0.2) is 12.1 Å². The number of likely N-dealkylation sites (tertiary alicyclic amines) is 1. The molecule has 20 heavy (non-hydrogen) atoms. The summed E-state index contributed by atoms with van der Waals surface area (Å²) in [5.41, 5.74) is 1.54. The van der Waals surface area contributed by atoms with Gasteiger partial charge in [-0.3, -0.25) is 4.79 Å². The molecule has 2 rings (SSSR count). The Balaban J connectivity index is 1.94. The van der Waals surface area contributed by atoms with Gasteiger partial charge in [0.05, 0.1) is 0 Å². The van der Waals surface area contributed by atoms with Crippen LogP contribution >= 0.6 is 0 Å². The van der Waals surface area contributed by atoms with Crippen molar-refractivity contribution in [3.05, 3.63) is 23.4 Å². The van der Waals surface area contributed by atoms with Gasteiger partial charge in [0.15, 0.2) is 0 Å². The molecule has 2 N–H and O–H groups in total. The van der Waals surface area contributed by atoms with Gasteiger partial charge in [0.1, 0.15) is 5.82 Å². The van der Waals surface area contributed by atoms with Gasteiger partial charge < -0.3 is 15.5 Å². The number of pyridine rings is 1. The van der Waals surface area contributed by atoms with Crippen LogP contribution in [-0.2, 0) is 0 Å². The van der Waals surface area contributed by atoms with Crippen molar-refractivity contribution in [2.24, 2.45) is 5.92 Å². The highest BCUT2D eigenvalue weighted by Crippen LogP contribution is 2.14. The summed E-state index contributed by atoms with van der Waals surface area (Å²) in [6.07, 6.45) is 1.16. The fourth-order valence-electron chi connectivity index (χ4n) is 2.60. The number of carbonyl (C=O) groups is 1. The first-order valence-electron chi connectivity index (χ1n) is 7.27. The van der Waals surface area contributed by atoms with Crippen molar-refractivity contribution in [3.8, 4) is 0 Å². The normalized spacial score (nSPS) is 19.1. The van der Waals surface area contributed by atoms with Crippen LogP contribution in [-0.4, -0.2) is 49.0 Å². The minimum Gasteiger partial charge on any atom is -0.370 e. The monoisotopic (exact) mass is 276 g/mol. The Bertz CT molecular complexity index is 475. The highest BCUT2D eigenvalue weighted by Gasteiger charge is 2.20.